The maximum absolute atomic E-state index is 4.38. The van der Waals surface area contributed by atoms with Crippen LogP contribution in [0.2, 0.25) is 0 Å². The van der Waals surface area contributed by atoms with E-state index in [1.165, 1.54) is 19.4 Å². The molecule has 6 heteroatoms. The fourth-order valence-electron chi connectivity index (χ4n) is 3.97. The Morgan fingerprint density at radius 3 is 2.86 bits per heavy atom. The van der Waals surface area contributed by atoms with Crippen molar-refractivity contribution in [1.82, 2.24) is 25.3 Å². The normalized spacial score (nSPS) is 27.1. The van der Waals surface area contributed by atoms with Gasteiger partial charge in [0.1, 0.15) is 11.5 Å². The second kappa shape index (κ2) is 5.35. The summed E-state index contributed by atoms with van der Waals surface area (Å²) in [5, 5.41) is 20.1. The monoisotopic (exact) mass is 298 g/mol. The highest BCUT2D eigenvalue weighted by Crippen LogP contribution is 2.36. The zero-order valence-corrected chi connectivity index (χ0v) is 13.1. The average molecular weight is 298 g/mol. The van der Waals surface area contributed by atoms with Crippen LogP contribution in [0.25, 0.3) is 11.4 Å². The minimum Gasteiger partial charge on any atom is -0.366 e. The molecule has 0 radical (unpaired) electrons. The average Bonchev–Trinajstić information content (AvgIpc) is 3.19. The molecule has 2 aliphatic rings. The third-order valence-corrected chi connectivity index (χ3v) is 5.12. The predicted octanol–water partition coefficient (Wildman–Crippen LogP) is 1.60. The summed E-state index contributed by atoms with van der Waals surface area (Å²) in [4.78, 5) is 0. The maximum Gasteiger partial charge on any atom is 0.148 e. The number of anilines is 1. The predicted molar refractivity (Wildman–Crippen MR) is 85.5 cm³/mol. The van der Waals surface area contributed by atoms with Gasteiger partial charge in [0.2, 0.25) is 0 Å². The third kappa shape index (κ3) is 2.27. The molecule has 6 nitrogen and oxygen atoms in total. The molecule has 3 heterocycles. The molecule has 2 aromatic heterocycles. The summed E-state index contributed by atoms with van der Waals surface area (Å²) in [5.41, 5.74) is 3.02. The Hall–Kier alpha value is -1.95. The Labute approximate surface area is 130 Å². The standard InChI is InChI=1S/C16H22N6/c1-10-7-18-22(2)16(10)14-5-6-15(21-20-14)19-13-4-3-11-8-17-9-12(11)13/h5-7,11-13,17H,3-4,8-9H2,1-2H3,(H,19,21). The van der Waals surface area contributed by atoms with Crippen LogP contribution in [0.4, 0.5) is 5.82 Å². The number of nitrogens with zero attached hydrogens (tertiary/aromatic N) is 4. The molecule has 116 valence electrons. The Bertz CT molecular complexity index is 642. The molecular weight excluding hydrogens is 276 g/mol. The van der Waals surface area contributed by atoms with Crippen LogP contribution in [0.15, 0.2) is 18.3 Å². The molecule has 1 aliphatic carbocycles. The van der Waals surface area contributed by atoms with Crippen molar-refractivity contribution < 1.29 is 0 Å². The SMILES string of the molecule is Cc1cnn(C)c1-c1ccc(NC2CCC3CNCC32)nn1. The molecule has 1 saturated heterocycles. The number of aromatic nitrogens is 4. The van der Waals surface area contributed by atoms with Gasteiger partial charge in [0.15, 0.2) is 0 Å². The minimum atomic E-state index is 0.526. The van der Waals surface area contributed by atoms with Crippen LogP contribution >= 0.6 is 0 Å². The van der Waals surface area contributed by atoms with Crippen LogP contribution < -0.4 is 10.6 Å². The Morgan fingerprint density at radius 2 is 2.14 bits per heavy atom. The van der Waals surface area contributed by atoms with Gasteiger partial charge < -0.3 is 10.6 Å². The highest BCUT2D eigenvalue weighted by atomic mass is 15.3. The molecular formula is C16H22N6. The first-order valence-corrected chi connectivity index (χ1v) is 8.02. The van der Waals surface area contributed by atoms with Gasteiger partial charge in [0.05, 0.1) is 11.9 Å². The lowest BCUT2D eigenvalue weighted by atomic mass is 9.98. The molecule has 2 N–H and O–H groups in total. The number of hydrogen-bond donors (Lipinski definition) is 2. The van der Waals surface area contributed by atoms with Gasteiger partial charge in [-0.25, -0.2) is 0 Å². The lowest BCUT2D eigenvalue weighted by molar-refractivity contribution is 0.468. The second-order valence-corrected chi connectivity index (χ2v) is 6.51. The molecule has 3 unspecified atom stereocenters. The van der Waals surface area contributed by atoms with E-state index in [2.05, 4.69) is 25.9 Å². The largest absolute Gasteiger partial charge is 0.366 e. The Balaban J connectivity index is 1.50. The van der Waals surface area contributed by atoms with Crippen LogP contribution in [0, 0.1) is 18.8 Å². The van der Waals surface area contributed by atoms with Gasteiger partial charge in [-0.3, -0.25) is 4.68 Å². The summed E-state index contributed by atoms with van der Waals surface area (Å²) in [6.45, 7) is 4.34. The number of fused-ring (bicyclic) bond motifs is 1. The quantitative estimate of drug-likeness (QED) is 0.901. The first-order chi connectivity index (χ1) is 10.7. The first kappa shape index (κ1) is 13.7. The molecule has 0 bridgehead atoms. The maximum atomic E-state index is 4.38. The molecule has 22 heavy (non-hydrogen) atoms. The Kier molecular flexibility index (Phi) is 3.33. The number of rotatable bonds is 3. The van der Waals surface area contributed by atoms with Crippen molar-refractivity contribution in [3.8, 4) is 11.4 Å². The van der Waals surface area contributed by atoms with Crippen molar-refractivity contribution in [3.05, 3.63) is 23.9 Å². The van der Waals surface area contributed by atoms with Gasteiger partial charge in [-0.05, 0) is 55.8 Å². The molecule has 1 saturated carbocycles. The molecule has 0 amide bonds. The molecule has 3 atom stereocenters. The zero-order chi connectivity index (χ0) is 15.1. The van der Waals surface area contributed by atoms with Crippen molar-refractivity contribution in [1.29, 1.82) is 0 Å². The number of aryl methyl sites for hydroxylation is 2. The highest BCUT2D eigenvalue weighted by molar-refractivity contribution is 5.59. The first-order valence-electron chi connectivity index (χ1n) is 8.02. The zero-order valence-electron chi connectivity index (χ0n) is 13.1. The molecule has 4 rings (SSSR count). The van der Waals surface area contributed by atoms with Crippen LogP contribution in [0.5, 0.6) is 0 Å². The summed E-state index contributed by atoms with van der Waals surface area (Å²) in [6, 6.07) is 4.59. The van der Waals surface area contributed by atoms with Crippen molar-refractivity contribution in [2.45, 2.75) is 25.8 Å². The van der Waals surface area contributed by atoms with Crippen molar-refractivity contribution in [2.75, 3.05) is 18.4 Å². The molecule has 1 aliphatic heterocycles. The van der Waals surface area contributed by atoms with Crippen molar-refractivity contribution in [2.24, 2.45) is 18.9 Å². The third-order valence-electron chi connectivity index (χ3n) is 5.12. The fourth-order valence-corrected chi connectivity index (χ4v) is 3.97. The van der Waals surface area contributed by atoms with E-state index in [1.54, 1.807) is 0 Å². The highest BCUT2D eigenvalue weighted by Gasteiger charge is 2.39. The van der Waals surface area contributed by atoms with Gasteiger partial charge in [-0.15, -0.1) is 10.2 Å². The van der Waals surface area contributed by atoms with E-state index < -0.39 is 0 Å². The summed E-state index contributed by atoms with van der Waals surface area (Å²) in [7, 11) is 1.93. The summed E-state index contributed by atoms with van der Waals surface area (Å²) in [5.74, 6) is 2.45. The topological polar surface area (TPSA) is 67.7 Å². The van der Waals surface area contributed by atoms with E-state index >= 15 is 0 Å². The van der Waals surface area contributed by atoms with Gasteiger partial charge in [0, 0.05) is 19.6 Å². The minimum absolute atomic E-state index is 0.526. The van der Waals surface area contributed by atoms with Crippen LogP contribution in [-0.2, 0) is 7.05 Å². The van der Waals surface area contributed by atoms with Crippen LogP contribution in [0.3, 0.4) is 0 Å². The van der Waals surface area contributed by atoms with Crippen molar-refractivity contribution in [3.63, 3.8) is 0 Å². The van der Waals surface area contributed by atoms with Gasteiger partial charge in [-0.2, -0.15) is 5.10 Å². The van der Waals surface area contributed by atoms with E-state index in [0.717, 1.165) is 41.1 Å². The van der Waals surface area contributed by atoms with E-state index in [0.29, 0.717) is 6.04 Å². The van der Waals surface area contributed by atoms with Crippen LogP contribution in [0.1, 0.15) is 18.4 Å². The van der Waals surface area contributed by atoms with Gasteiger partial charge in [0.25, 0.3) is 0 Å². The van der Waals surface area contributed by atoms with E-state index in [4.69, 9.17) is 0 Å². The molecule has 2 fully saturated rings. The number of hydrogen-bond acceptors (Lipinski definition) is 5. The van der Waals surface area contributed by atoms with Crippen molar-refractivity contribution >= 4 is 5.82 Å². The van der Waals surface area contributed by atoms with Crippen LogP contribution in [-0.4, -0.2) is 39.1 Å². The molecule has 0 spiro atoms. The van der Waals surface area contributed by atoms with E-state index in [9.17, 15) is 0 Å². The smallest absolute Gasteiger partial charge is 0.148 e. The number of nitrogens with one attached hydrogen (secondary N) is 2. The summed E-state index contributed by atoms with van der Waals surface area (Å²) >= 11 is 0. The van der Waals surface area contributed by atoms with E-state index in [-0.39, 0.29) is 0 Å². The summed E-state index contributed by atoms with van der Waals surface area (Å²) < 4.78 is 1.85. The molecule has 2 aromatic rings. The lowest BCUT2D eigenvalue weighted by Gasteiger charge is -2.19. The van der Waals surface area contributed by atoms with Gasteiger partial charge >= 0.3 is 0 Å². The van der Waals surface area contributed by atoms with Gasteiger partial charge in [-0.1, -0.05) is 0 Å². The Morgan fingerprint density at radius 1 is 1.23 bits per heavy atom. The fraction of sp³-hybridized carbons (Fsp3) is 0.562. The summed E-state index contributed by atoms with van der Waals surface area (Å²) in [6.07, 6.45) is 4.41. The molecule has 0 aromatic carbocycles. The van der Waals surface area contributed by atoms with E-state index in [1.807, 2.05) is 37.0 Å². The second-order valence-electron chi connectivity index (χ2n) is 6.51. The lowest BCUT2D eigenvalue weighted by Crippen LogP contribution is -2.28.